The van der Waals surface area contributed by atoms with E-state index >= 15 is 0 Å². The molecule has 0 saturated carbocycles. The van der Waals surface area contributed by atoms with Crippen molar-refractivity contribution in [2.24, 2.45) is 0 Å². The number of para-hydroxylation sites is 1. The van der Waals surface area contributed by atoms with E-state index in [0.717, 1.165) is 11.3 Å². The molecule has 0 fully saturated rings. The van der Waals surface area contributed by atoms with Crippen molar-refractivity contribution in [3.63, 3.8) is 0 Å². The molecule has 0 aliphatic rings. The molecule has 0 aliphatic carbocycles. The minimum Gasteiger partial charge on any atom is -0.493 e. The van der Waals surface area contributed by atoms with E-state index in [4.69, 9.17) is 21.1 Å². The third-order valence-corrected chi connectivity index (χ3v) is 2.74. The third kappa shape index (κ3) is 2.96. The molecule has 4 nitrogen and oxygen atoms in total. The molecule has 0 aliphatic heterocycles. The quantitative estimate of drug-likeness (QED) is 0.803. The van der Waals surface area contributed by atoms with Gasteiger partial charge in [0.05, 0.1) is 19.3 Å². The lowest BCUT2D eigenvalue weighted by Gasteiger charge is -2.13. The van der Waals surface area contributed by atoms with Crippen molar-refractivity contribution in [3.8, 4) is 22.9 Å². The Morgan fingerprint density at radius 3 is 2.68 bits per heavy atom. The molecule has 0 amide bonds. The monoisotopic (exact) mass is 278 g/mol. The number of methoxy groups -OCH3 is 1. The number of benzene rings is 1. The Morgan fingerprint density at radius 2 is 2.05 bits per heavy atom. The van der Waals surface area contributed by atoms with Gasteiger partial charge in [0.1, 0.15) is 5.15 Å². The van der Waals surface area contributed by atoms with E-state index < -0.39 is 0 Å². The average molecular weight is 279 g/mol. The molecule has 0 unspecified atom stereocenters. The molecule has 5 heteroatoms. The SMILES string of the molecule is CCOc1c(OC)cccc1-c1nc(C)cc(Cl)n1. The van der Waals surface area contributed by atoms with Gasteiger partial charge in [0, 0.05) is 5.69 Å². The number of hydrogen-bond acceptors (Lipinski definition) is 4. The summed E-state index contributed by atoms with van der Waals surface area (Å²) in [7, 11) is 1.60. The highest BCUT2D eigenvalue weighted by atomic mass is 35.5. The number of ether oxygens (including phenoxy) is 2. The predicted octanol–water partition coefficient (Wildman–Crippen LogP) is 3.51. The zero-order chi connectivity index (χ0) is 13.8. The van der Waals surface area contributed by atoms with Crippen LogP contribution in [-0.2, 0) is 0 Å². The molecule has 0 spiro atoms. The number of nitrogens with zero attached hydrogens (tertiary/aromatic N) is 2. The molecule has 0 N–H and O–H groups in total. The lowest BCUT2D eigenvalue weighted by Crippen LogP contribution is -2.00. The summed E-state index contributed by atoms with van der Waals surface area (Å²) in [4.78, 5) is 8.63. The highest BCUT2D eigenvalue weighted by Gasteiger charge is 2.15. The second kappa shape index (κ2) is 5.89. The Labute approximate surface area is 117 Å². The van der Waals surface area contributed by atoms with Crippen LogP contribution in [0.2, 0.25) is 5.15 Å². The molecule has 0 atom stereocenters. The van der Waals surface area contributed by atoms with Crippen LogP contribution in [-0.4, -0.2) is 23.7 Å². The summed E-state index contributed by atoms with van der Waals surface area (Å²) in [5.41, 5.74) is 1.58. The fourth-order valence-electron chi connectivity index (χ4n) is 1.80. The maximum atomic E-state index is 5.98. The highest BCUT2D eigenvalue weighted by Crippen LogP contribution is 2.36. The van der Waals surface area contributed by atoms with Crippen LogP contribution in [0, 0.1) is 6.92 Å². The van der Waals surface area contributed by atoms with Crippen molar-refractivity contribution in [2.75, 3.05) is 13.7 Å². The van der Waals surface area contributed by atoms with Gasteiger partial charge in [-0.3, -0.25) is 0 Å². The topological polar surface area (TPSA) is 44.2 Å². The van der Waals surface area contributed by atoms with E-state index in [1.807, 2.05) is 32.0 Å². The van der Waals surface area contributed by atoms with Crippen molar-refractivity contribution in [1.82, 2.24) is 9.97 Å². The Balaban J connectivity index is 2.60. The predicted molar refractivity (Wildman–Crippen MR) is 74.9 cm³/mol. The Bertz CT molecular complexity index is 567. The first-order valence-electron chi connectivity index (χ1n) is 5.97. The number of aryl methyl sites for hydroxylation is 1. The van der Waals surface area contributed by atoms with Crippen LogP contribution in [0.5, 0.6) is 11.5 Å². The molecule has 1 heterocycles. The maximum absolute atomic E-state index is 5.98. The summed E-state index contributed by atoms with van der Waals surface area (Å²) in [6.07, 6.45) is 0. The van der Waals surface area contributed by atoms with Crippen LogP contribution in [0.1, 0.15) is 12.6 Å². The van der Waals surface area contributed by atoms with E-state index in [9.17, 15) is 0 Å². The van der Waals surface area contributed by atoms with Gasteiger partial charge < -0.3 is 9.47 Å². The highest BCUT2D eigenvalue weighted by molar-refractivity contribution is 6.29. The minimum atomic E-state index is 0.410. The minimum absolute atomic E-state index is 0.410. The number of hydrogen-bond donors (Lipinski definition) is 0. The first kappa shape index (κ1) is 13.6. The van der Waals surface area contributed by atoms with Crippen molar-refractivity contribution in [1.29, 1.82) is 0 Å². The molecular formula is C14H15ClN2O2. The van der Waals surface area contributed by atoms with Gasteiger partial charge in [0.15, 0.2) is 17.3 Å². The van der Waals surface area contributed by atoms with Crippen LogP contribution in [0.15, 0.2) is 24.3 Å². The second-order valence-electron chi connectivity index (χ2n) is 3.93. The van der Waals surface area contributed by atoms with Crippen LogP contribution in [0.3, 0.4) is 0 Å². The van der Waals surface area contributed by atoms with Crippen molar-refractivity contribution in [2.45, 2.75) is 13.8 Å². The largest absolute Gasteiger partial charge is 0.493 e. The van der Waals surface area contributed by atoms with Gasteiger partial charge in [-0.1, -0.05) is 17.7 Å². The second-order valence-corrected chi connectivity index (χ2v) is 4.31. The molecule has 19 heavy (non-hydrogen) atoms. The van der Waals surface area contributed by atoms with Crippen molar-refractivity contribution < 1.29 is 9.47 Å². The van der Waals surface area contributed by atoms with Gasteiger partial charge in [-0.2, -0.15) is 0 Å². The normalized spacial score (nSPS) is 10.3. The van der Waals surface area contributed by atoms with Gasteiger partial charge in [-0.15, -0.1) is 0 Å². The fraction of sp³-hybridized carbons (Fsp3) is 0.286. The van der Waals surface area contributed by atoms with Gasteiger partial charge >= 0.3 is 0 Å². The first-order valence-corrected chi connectivity index (χ1v) is 6.35. The molecule has 100 valence electrons. The van der Waals surface area contributed by atoms with Crippen LogP contribution < -0.4 is 9.47 Å². The molecule has 1 aromatic heterocycles. The van der Waals surface area contributed by atoms with Gasteiger partial charge in [-0.05, 0) is 32.0 Å². The third-order valence-electron chi connectivity index (χ3n) is 2.55. The Hall–Kier alpha value is -1.81. The van der Waals surface area contributed by atoms with Crippen LogP contribution in [0.25, 0.3) is 11.4 Å². The maximum Gasteiger partial charge on any atom is 0.172 e. The fourth-order valence-corrected chi connectivity index (χ4v) is 2.03. The smallest absolute Gasteiger partial charge is 0.172 e. The Kier molecular flexibility index (Phi) is 4.22. The van der Waals surface area contributed by atoms with Crippen molar-refractivity contribution >= 4 is 11.6 Å². The standard InChI is InChI=1S/C14H15ClN2O2/c1-4-19-13-10(6-5-7-11(13)18-3)14-16-9(2)8-12(15)17-14/h5-8H,4H2,1-3H3. The Morgan fingerprint density at radius 1 is 1.26 bits per heavy atom. The average Bonchev–Trinajstić information content (AvgIpc) is 2.38. The lowest BCUT2D eigenvalue weighted by molar-refractivity contribution is 0.312. The zero-order valence-electron chi connectivity index (χ0n) is 11.1. The van der Waals surface area contributed by atoms with Gasteiger partial charge in [-0.25, -0.2) is 9.97 Å². The van der Waals surface area contributed by atoms with Crippen LogP contribution in [0.4, 0.5) is 0 Å². The van der Waals surface area contributed by atoms with Crippen molar-refractivity contribution in [3.05, 3.63) is 35.1 Å². The number of rotatable bonds is 4. The molecule has 0 radical (unpaired) electrons. The van der Waals surface area contributed by atoms with E-state index in [1.54, 1.807) is 13.2 Å². The van der Waals surface area contributed by atoms with Crippen LogP contribution >= 0.6 is 11.6 Å². The first-order chi connectivity index (χ1) is 9.15. The zero-order valence-corrected chi connectivity index (χ0v) is 11.9. The summed E-state index contributed by atoms with van der Waals surface area (Å²) in [5, 5.41) is 0.410. The lowest BCUT2D eigenvalue weighted by atomic mass is 10.1. The molecule has 0 bridgehead atoms. The summed E-state index contributed by atoms with van der Waals surface area (Å²) in [6, 6.07) is 7.31. The van der Waals surface area contributed by atoms with E-state index in [1.165, 1.54) is 0 Å². The van der Waals surface area contributed by atoms with Gasteiger partial charge in [0.25, 0.3) is 0 Å². The summed E-state index contributed by atoms with van der Waals surface area (Å²) >= 11 is 5.98. The van der Waals surface area contributed by atoms with E-state index in [2.05, 4.69) is 9.97 Å². The molecule has 2 aromatic rings. The number of halogens is 1. The number of aromatic nitrogens is 2. The molecule has 0 saturated heterocycles. The summed E-state index contributed by atoms with van der Waals surface area (Å²) in [5.74, 6) is 1.82. The molecule has 1 aromatic carbocycles. The van der Waals surface area contributed by atoms with Gasteiger partial charge in [0.2, 0.25) is 0 Å². The summed E-state index contributed by atoms with van der Waals surface area (Å²) < 4.78 is 11.0. The van der Waals surface area contributed by atoms with E-state index in [-0.39, 0.29) is 0 Å². The molecule has 2 rings (SSSR count). The molecular weight excluding hydrogens is 264 g/mol. The van der Waals surface area contributed by atoms with E-state index in [0.29, 0.717) is 29.1 Å². The summed E-state index contributed by atoms with van der Waals surface area (Å²) in [6.45, 7) is 4.32.